The molecule has 11 heteroatoms. The molecule has 1 unspecified atom stereocenters. The zero-order chi connectivity index (χ0) is 26.0. The van der Waals surface area contributed by atoms with Gasteiger partial charge in [-0.25, -0.2) is 0 Å². The highest BCUT2D eigenvalue weighted by molar-refractivity contribution is 6.30. The topological polar surface area (TPSA) is 71.7 Å². The third-order valence-corrected chi connectivity index (χ3v) is 6.23. The Morgan fingerprint density at radius 2 is 2.03 bits per heavy atom. The van der Waals surface area contributed by atoms with Gasteiger partial charge in [0.15, 0.2) is 0 Å². The van der Waals surface area contributed by atoms with Crippen LogP contribution in [0.15, 0.2) is 40.8 Å². The van der Waals surface area contributed by atoms with Crippen molar-refractivity contribution in [1.82, 2.24) is 15.1 Å². The van der Waals surface area contributed by atoms with Crippen LogP contribution in [0.5, 0.6) is 6.08 Å². The van der Waals surface area contributed by atoms with Crippen molar-refractivity contribution < 1.29 is 27.1 Å². The lowest BCUT2D eigenvalue weighted by atomic mass is 9.98. The summed E-state index contributed by atoms with van der Waals surface area (Å²) in [6.45, 7) is 5.74. The molecule has 1 aliphatic heterocycles. The maximum absolute atomic E-state index is 13.4. The molecule has 0 saturated heterocycles. The molecule has 0 fully saturated rings. The fourth-order valence-electron chi connectivity index (χ4n) is 4.52. The molecule has 2 aromatic carbocycles. The molecule has 7 nitrogen and oxygen atoms in total. The Morgan fingerprint density at radius 3 is 2.72 bits per heavy atom. The number of anilines is 2. The van der Waals surface area contributed by atoms with Gasteiger partial charge in [-0.05, 0) is 62.1 Å². The van der Waals surface area contributed by atoms with Crippen molar-refractivity contribution in [3.63, 3.8) is 0 Å². The van der Waals surface area contributed by atoms with Crippen LogP contribution in [0.2, 0.25) is 5.02 Å². The summed E-state index contributed by atoms with van der Waals surface area (Å²) >= 11 is 6.33. The first-order valence-electron chi connectivity index (χ1n) is 11.5. The number of nitrogens with zero attached hydrogens (tertiary/aromatic N) is 4. The Balaban J connectivity index is 1.73. The van der Waals surface area contributed by atoms with Gasteiger partial charge in [-0.15, -0.1) is 0 Å². The van der Waals surface area contributed by atoms with Gasteiger partial charge in [-0.2, -0.15) is 13.2 Å². The molecular weight excluding hydrogens is 497 g/mol. The molecule has 1 aliphatic rings. The number of alkyl halides is 3. The Hall–Kier alpha value is -3.27. The minimum Gasteiger partial charge on any atom is -0.449 e. The number of hydrogen-bond acceptors (Lipinski definition) is 6. The molecule has 0 aliphatic carbocycles. The molecule has 2 heterocycles. The summed E-state index contributed by atoms with van der Waals surface area (Å²) in [6.07, 6.45) is -3.20. The quantitative estimate of drug-likeness (QED) is 0.369. The van der Waals surface area contributed by atoms with Gasteiger partial charge < -0.3 is 14.1 Å². The lowest BCUT2D eigenvalue weighted by molar-refractivity contribution is -0.137. The average molecular weight is 523 g/mol. The number of amides is 1. The van der Waals surface area contributed by atoms with Crippen molar-refractivity contribution in [2.45, 2.75) is 52.4 Å². The largest absolute Gasteiger partial charge is 0.449 e. The Morgan fingerprint density at radius 1 is 1.25 bits per heavy atom. The first kappa shape index (κ1) is 25.8. The molecule has 1 amide bonds. The molecule has 0 bridgehead atoms. The predicted octanol–water partition coefficient (Wildman–Crippen LogP) is 6.47. The summed E-state index contributed by atoms with van der Waals surface area (Å²) in [5.74, 6) is -0.249. The minimum atomic E-state index is -4.47. The molecule has 0 radical (unpaired) electrons. The molecule has 0 N–H and O–H groups in total. The zero-order valence-electron chi connectivity index (χ0n) is 20.1. The maximum Gasteiger partial charge on any atom is 0.416 e. The van der Waals surface area contributed by atoms with Gasteiger partial charge in [0.05, 0.1) is 23.9 Å². The fraction of sp³-hybridized carbons (Fsp3) is 0.400. The van der Waals surface area contributed by atoms with Crippen LogP contribution in [-0.2, 0) is 17.5 Å². The number of aromatic nitrogens is 2. The summed E-state index contributed by atoms with van der Waals surface area (Å²) < 4.78 is 51.2. The molecule has 192 valence electrons. The highest BCUT2D eigenvalue weighted by Crippen LogP contribution is 2.42. The van der Waals surface area contributed by atoms with Crippen molar-refractivity contribution in [3.8, 4) is 6.08 Å². The summed E-state index contributed by atoms with van der Waals surface area (Å²) in [5.41, 5.74) is 1.62. The number of carbonyl (C=O) groups is 1. The van der Waals surface area contributed by atoms with Gasteiger partial charge in [0, 0.05) is 25.0 Å². The van der Waals surface area contributed by atoms with Crippen molar-refractivity contribution >= 4 is 29.2 Å². The highest BCUT2D eigenvalue weighted by Gasteiger charge is 2.34. The molecule has 3 aromatic rings. The van der Waals surface area contributed by atoms with Crippen molar-refractivity contribution in [3.05, 3.63) is 63.7 Å². The van der Waals surface area contributed by atoms with Crippen LogP contribution in [-0.4, -0.2) is 34.2 Å². The van der Waals surface area contributed by atoms with Gasteiger partial charge in [-0.1, -0.05) is 39.5 Å². The lowest BCUT2D eigenvalue weighted by Gasteiger charge is -2.32. The normalized spacial score (nSPS) is 15.9. The molecule has 0 saturated carbocycles. The van der Waals surface area contributed by atoms with E-state index in [4.69, 9.17) is 20.8 Å². The van der Waals surface area contributed by atoms with E-state index in [0.717, 1.165) is 17.7 Å². The van der Waals surface area contributed by atoms with E-state index in [-0.39, 0.29) is 24.5 Å². The fourth-order valence-corrected chi connectivity index (χ4v) is 4.69. The van der Waals surface area contributed by atoms with E-state index < -0.39 is 17.8 Å². The highest BCUT2D eigenvalue weighted by atomic mass is 35.5. The third-order valence-electron chi connectivity index (χ3n) is 5.99. The summed E-state index contributed by atoms with van der Waals surface area (Å²) in [5, 5.41) is 8.49. The number of benzene rings is 2. The van der Waals surface area contributed by atoms with Gasteiger partial charge in [-0.3, -0.25) is 9.69 Å². The number of fused-ring (bicyclic) bond motifs is 1. The SMILES string of the molecule is CCOc1nnc(N2CCCC(N(Cc3cc(C)cc(C(F)(F)F)c3)C(C)=O)c3ccc(Cl)cc32)o1. The van der Waals surface area contributed by atoms with E-state index in [1.165, 1.54) is 6.92 Å². The van der Waals surface area contributed by atoms with E-state index in [9.17, 15) is 18.0 Å². The van der Waals surface area contributed by atoms with Crippen LogP contribution in [0.25, 0.3) is 0 Å². The smallest absolute Gasteiger partial charge is 0.416 e. The Kier molecular flexibility index (Phi) is 7.44. The second kappa shape index (κ2) is 10.4. The minimum absolute atomic E-state index is 0.0296. The van der Waals surface area contributed by atoms with Gasteiger partial charge in [0.25, 0.3) is 0 Å². The standard InChI is InChI=1S/C25H26ClF3N4O3/c1-4-35-24-31-30-23(36-24)32-9-5-6-21(20-8-7-19(26)13-22(20)32)33(16(3)34)14-17-10-15(2)11-18(12-17)25(27,28)29/h7-8,10-13,21H,4-6,9,14H2,1-3H3. The average Bonchev–Trinajstić information content (AvgIpc) is 3.18. The van der Waals surface area contributed by atoms with Crippen molar-refractivity contribution in [2.75, 3.05) is 18.1 Å². The van der Waals surface area contributed by atoms with E-state index >= 15 is 0 Å². The summed E-state index contributed by atoms with van der Waals surface area (Å²) in [6, 6.07) is 9.01. The molecule has 4 rings (SSSR count). The number of halogens is 4. The van der Waals surface area contributed by atoms with Crippen LogP contribution in [0.1, 0.15) is 55.0 Å². The van der Waals surface area contributed by atoms with Gasteiger partial charge in [0.2, 0.25) is 5.91 Å². The summed E-state index contributed by atoms with van der Waals surface area (Å²) in [4.78, 5) is 16.3. The zero-order valence-corrected chi connectivity index (χ0v) is 20.9. The first-order chi connectivity index (χ1) is 17.1. The second-order valence-corrected chi connectivity index (χ2v) is 9.08. The predicted molar refractivity (Wildman–Crippen MR) is 128 cm³/mol. The van der Waals surface area contributed by atoms with Crippen LogP contribution >= 0.6 is 11.6 Å². The van der Waals surface area contributed by atoms with E-state index in [2.05, 4.69) is 10.2 Å². The van der Waals surface area contributed by atoms with Crippen molar-refractivity contribution in [1.29, 1.82) is 0 Å². The Bertz CT molecular complexity index is 1250. The van der Waals surface area contributed by atoms with Crippen LogP contribution in [0.3, 0.4) is 0 Å². The molecule has 36 heavy (non-hydrogen) atoms. The number of rotatable bonds is 6. The van der Waals surface area contributed by atoms with E-state index in [1.54, 1.807) is 36.9 Å². The van der Waals surface area contributed by atoms with Crippen LogP contribution in [0.4, 0.5) is 24.9 Å². The number of hydrogen-bond donors (Lipinski definition) is 0. The molecule has 1 aromatic heterocycles. The maximum atomic E-state index is 13.4. The molecular formula is C25H26ClF3N4O3. The molecule has 1 atom stereocenters. The first-order valence-corrected chi connectivity index (χ1v) is 11.9. The molecule has 0 spiro atoms. The van der Waals surface area contributed by atoms with E-state index in [1.807, 2.05) is 11.0 Å². The number of aryl methyl sites for hydroxylation is 1. The lowest BCUT2D eigenvalue weighted by Crippen LogP contribution is -2.33. The van der Waals surface area contributed by atoms with Crippen LogP contribution in [0, 0.1) is 6.92 Å². The van der Waals surface area contributed by atoms with E-state index in [0.29, 0.717) is 47.8 Å². The van der Waals surface area contributed by atoms with Gasteiger partial charge >= 0.3 is 18.3 Å². The monoisotopic (exact) mass is 522 g/mol. The van der Waals surface area contributed by atoms with Gasteiger partial charge in [0.1, 0.15) is 0 Å². The third kappa shape index (κ3) is 5.59. The van der Waals surface area contributed by atoms with Crippen LogP contribution < -0.4 is 9.64 Å². The number of carbonyl (C=O) groups excluding carboxylic acids is 1. The Labute approximate surface area is 211 Å². The second-order valence-electron chi connectivity index (χ2n) is 8.65. The summed E-state index contributed by atoms with van der Waals surface area (Å²) in [7, 11) is 0. The van der Waals surface area contributed by atoms with Crippen molar-refractivity contribution in [2.24, 2.45) is 0 Å². The number of ether oxygens (including phenoxy) is 1.